The molecule has 3 N–H and O–H groups in total. The molecule has 0 bridgehead atoms. The fourth-order valence-electron chi connectivity index (χ4n) is 7.28. The Kier molecular flexibility index (Phi) is 12.3. The van der Waals surface area contributed by atoms with Gasteiger partial charge in [-0.2, -0.15) is 0 Å². The predicted octanol–water partition coefficient (Wildman–Crippen LogP) is 4.73. The van der Waals surface area contributed by atoms with Gasteiger partial charge in [0.15, 0.2) is 5.13 Å². The molecule has 1 aromatic heterocycles. The van der Waals surface area contributed by atoms with E-state index in [2.05, 4.69) is 51.0 Å². The van der Waals surface area contributed by atoms with Crippen LogP contribution in [0, 0.1) is 33.7 Å². The van der Waals surface area contributed by atoms with Crippen LogP contribution in [0.5, 0.6) is 5.75 Å². The Labute approximate surface area is 297 Å². The maximum absolute atomic E-state index is 12.8. The first-order chi connectivity index (χ1) is 18.0. The Morgan fingerprint density at radius 3 is 2.73 bits per heavy atom. The molecule has 1 aromatic carbocycles. The van der Waals surface area contributed by atoms with Crippen molar-refractivity contribution in [3.63, 3.8) is 0 Å². The monoisotopic (exact) mass is 721 g/mol. The summed E-state index contributed by atoms with van der Waals surface area (Å²) in [5.74, 6) is 1.72. The number of amides is 1. The second-order valence-corrected chi connectivity index (χ2v) is 14.5. The van der Waals surface area contributed by atoms with E-state index in [1.807, 2.05) is 13.0 Å². The van der Waals surface area contributed by atoms with E-state index in [9.17, 15) is 19.1 Å². The summed E-state index contributed by atoms with van der Waals surface area (Å²) in [6.45, 7) is 4.29. The molecule has 3 aliphatic rings. The van der Waals surface area contributed by atoms with Gasteiger partial charge in [0.1, 0.15) is 12.9 Å². The molecule has 210 valence electrons. The number of benzene rings is 1. The number of aromatic nitrogens is 1. The van der Waals surface area contributed by atoms with Crippen LogP contribution >= 0.6 is 41.8 Å². The molecule has 0 spiro atoms. The summed E-state index contributed by atoms with van der Waals surface area (Å²) in [6, 6.07) is 3.87. The Bertz CT molecular complexity index is 1320. The molecule has 0 saturated heterocycles. The summed E-state index contributed by atoms with van der Waals surface area (Å²) in [7, 11) is -3.03. The van der Waals surface area contributed by atoms with Crippen molar-refractivity contribution >= 4 is 118 Å². The number of thiazole rings is 1. The zero-order valence-electron chi connectivity index (χ0n) is 21.6. The van der Waals surface area contributed by atoms with E-state index >= 15 is 0 Å². The van der Waals surface area contributed by atoms with Crippen molar-refractivity contribution in [2.45, 2.75) is 64.7 Å². The van der Waals surface area contributed by atoms with Crippen LogP contribution in [0.25, 0.3) is 0 Å². The van der Waals surface area contributed by atoms with Crippen molar-refractivity contribution in [2.24, 2.45) is 28.3 Å². The second-order valence-electron chi connectivity index (χ2n) is 10.9. The van der Waals surface area contributed by atoms with Crippen molar-refractivity contribution in [2.75, 3.05) is 12.4 Å². The van der Waals surface area contributed by atoms with E-state index in [1.54, 1.807) is 13.3 Å². The first-order valence-electron chi connectivity index (χ1n) is 12.9. The van der Waals surface area contributed by atoms with Crippen LogP contribution in [0.15, 0.2) is 23.5 Å². The number of nitrogens with one attached hydrogen (secondary N) is 1. The SMILES string of the molecule is CO/N=C1\C[C@@H](CCC(=O)Nc2ncc(C)s2)C2C3CCc4cc(OP(=O)(O)O)c(I)cc4C3CC[C@]12C.[NaH].[NaH]. The van der Waals surface area contributed by atoms with E-state index in [1.165, 1.54) is 16.9 Å². The number of anilines is 1. The van der Waals surface area contributed by atoms with Crippen LogP contribution in [0.3, 0.4) is 0 Å². The number of carbonyl (C=O) groups excluding carboxylic acids is 1. The number of halogens is 1. The fourth-order valence-corrected chi connectivity index (χ4v) is 9.14. The Morgan fingerprint density at radius 2 is 2.08 bits per heavy atom. The number of fused-ring (bicyclic) bond motifs is 5. The minimum atomic E-state index is -4.63. The van der Waals surface area contributed by atoms with Gasteiger partial charge < -0.3 is 14.7 Å². The van der Waals surface area contributed by atoms with Crippen molar-refractivity contribution < 1.29 is 28.5 Å². The molecule has 9 nitrogen and oxygen atoms in total. The van der Waals surface area contributed by atoms with Crippen LogP contribution in [0.2, 0.25) is 0 Å². The summed E-state index contributed by atoms with van der Waals surface area (Å²) in [6.07, 6.45) is 7.62. The predicted molar refractivity (Wildman–Crippen MR) is 169 cm³/mol. The molecule has 0 radical (unpaired) electrons. The molecule has 3 aliphatic carbocycles. The molecule has 3 unspecified atom stereocenters. The first-order valence-corrected chi connectivity index (χ1v) is 16.3. The van der Waals surface area contributed by atoms with Crippen LogP contribution in [-0.4, -0.2) is 92.6 Å². The van der Waals surface area contributed by atoms with Gasteiger partial charge in [0.25, 0.3) is 0 Å². The normalized spacial score (nSPS) is 27.9. The molecule has 1 heterocycles. The third kappa shape index (κ3) is 7.39. The van der Waals surface area contributed by atoms with Gasteiger partial charge in [0, 0.05) is 22.9 Å². The summed E-state index contributed by atoms with van der Waals surface area (Å²) >= 11 is 3.58. The van der Waals surface area contributed by atoms with Gasteiger partial charge in [-0.3, -0.25) is 14.6 Å². The second kappa shape index (κ2) is 14.1. The maximum atomic E-state index is 12.8. The van der Waals surface area contributed by atoms with E-state index in [-0.39, 0.29) is 76.2 Å². The molecule has 1 amide bonds. The van der Waals surface area contributed by atoms with Crippen molar-refractivity contribution in [3.8, 4) is 5.75 Å². The van der Waals surface area contributed by atoms with Gasteiger partial charge in [-0.1, -0.05) is 12.1 Å². The van der Waals surface area contributed by atoms with Crippen LogP contribution in [0.4, 0.5) is 5.13 Å². The molecular formula is C26H35IN3Na2O6PS. The number of carbonyl (C=O) groups is 1. The van der Waals surface area contributed by atoms with Gasteiger partial charge in [-0.05, 0) is 115 Å². The number of phosphoric acid groups is 1. The van der Waals surface area contributed by atoms with Gasteiger partial charge in [-0.15, -0.1) is 11.3 Å². The fraction of sp³-hybridized carbons (Fsp3) is 0.577. The molecule has 2 aromatic rings. The molecule has 5 rings (SSSR count). The summed E-state index contributed by atoms with van der Waals surface area (Å²) in [5, 5.41) is 8.07. The third-order valence-electron chi connectivity index (χ3n) is 8.68. The van der Waals surface area contributed by atoms with Gasteiger partial charge in [0.2, 0.25) is 5.91 Å². The Morgan fingerprint density at radius 1 is 1.32 bits per heavy atom. The zero-order valence-corrected chi connectivity index (χ0v) is 25.5. The number of rotatable bonds is 7. The zero-order chi connectivity index (χ0) is 27.2. The van der Waals surface area contributed by atoms with E-state index in [0.717, 1.165) is 54.7 Å². The molecule has 14 heteroatoms. The number of hydrogen-bond donors (Lipinski definition) is 3. The molecule has 0 aliphatic heterocycles. The number of nitrogens with zero attached hydrogens (tertiary/aromatic N) is 2. The number of hydrogen-bond acceptors (Lipinski definition) is 7. The van der Waals surface area contributed by atoms with E-state index < -0.39 is 7.82 Å². The van der Waals surface area contributed by atoms with Gasteiger partial charge in [-0.25, -0.2) is 9.55 Å². The average molecular weight is 722 g/mol. The number of phosphoric ester groups is 1. The summed E-state index contributed by atoms with van der Waals surface area (Å²) in [4.78, 5) is 42.0. The Balaban J connectivity index is 0.00000220. The quantitative estimate of drug-likeness (QED) is 0.163. The topological polar surface area (TPSA) is 130 Å². The van der Waals surface area contributed by atoms with E-state index in [4.69, 9.17) is 9.36 Å². The van der Waals surface area contributed by atoms with Crippen LogP contribution in [-0.2, 0) is 20.6 Å². The minimum absolute atomic E-state index is 0. The molecular weight excluding hydrogens is 686 g/mol. The molecule has 2 fully saturated rings. The Hall–Kier alpha value is 0.470. The third-order valence-corrected chi connectivity index (χ3v) is 10.8. The van der Waals surface area contributed by atoms with Gasteiger partial charge >= 0.3 is 66.9 Å². The molecule has 5 atom stereocenters. The average Bonchev–Trinajstić information content (AvgIpc) is 3.37. The van der Waals surface area contributed by atoms with Gasteiger partial charge in [0.05, 0.1) is 9.28 Å². The van der Waals surface area contributed by atoms with Crippen LogP contribution in [0.1, 0.15) is 67.4 Å². The summed E-state index contributed by atoms with van der Waals surface area (Å²) < 4.78 is 17.1. The standard InChI is InChI=1S/C26H33IN3O6PS.2Na.2H/c1-14-13-28-25(38-14)29-23(31)7-5-16-11-22(30-35-3)26(2)9-8-17-18(24(16)26)6-4-15-10-21(36-37(32,33)34)20(27)12-19(15)17;;;;/h10,12-13,16-18,24H,4-9,11H2,1-3H3,(H,28,29,31)(H2,32,33,34);;;;/b30-22+;;;;/t16-,17?,18?,24?,26-;;;;/m1..../s1. The summed E-state index contributed by atoms with van der Waals surface area (Å²) in [5.41, 5.74) is 3.41. The van der Waals surface area contributed by atoms with Crippen LogP contribution < -0.4 is 9.84 Å². The molecule has 2 saturated carbocycles. The van der Waals surface area contributed by atoms with Crippen molar-refractivity contribution in [1.82, 2.24) is 4.98 Å². The number of aryl methyl sites for hydroxylation is 2. The first kappa shape index (κ1) is 35.0. The molecule has 40 heavy (non-hydrogen) atoms. The van der Waals surface area contributed by atoms with Crippen molar-refractivity contribution in [1.29, 1.82) is 0 Å². The van der Waals surface area contributed by atoms with Crippen molar-refractivity contribution in [3.05, 3.63) is 37.9 Å². The number of oxime groups is 1. The van der Waals surface area contributed by atoms with E-state index in [0.29, 0.717) is 38.8 Å².